The molecule has 1 N–H and O–H groups in total. The molecule has 0 unspecified atom stereocenters. The summed E-state index contributed by atoms with van der Waals surface area (Å²) in [6, 6.07) is 4.49. The van der Waals surface area contributed by atoms with Crippen molar-refractivity contribution in [2.75, 3.05) is 4.72 Å². The molecular formula is C9H5BrCl2N2O2S2. The molecule has 2 aromatic rings. The van der Waals surface area contributed by atoms with E-state index in [0.29, 0.717) is 14.5 Å². The van der Waals surface area contributed by atoms with Gasteiger partial charge in [-0.25, -0.2) is 13.4 Å². The van der Waals surface area contributed by atoms with E-state index in [2.05, 4.69) is 25.6 Å². The summed E-state index contributed by atoms with van der Waals surface area (Å²) < 4.78 is 27.4. The topological polar surface area (TPSA) is 59.1 Å². The third kappa shape index (κ3) is 3.16. The normalized spacial score (nSPS) is 11.5. The first-order chi connectivity index (χ1) is 8.38. The Hall–Kier alpha value is -0.340. The van der Waals surface area contributed by atoms with E-state index in [-0.39, 0.29) is 9.36 Å². The molecule has 0 saturated heterocycles. The fraction of sp³-hybridized carbons (Fsp3) is 0. The van der Waals surface area contributed by atoms with E-state index in [9.17, 15) is 8.42 Å². The molecule has 0 amide bonds. The lowest BCUT2D eigenvalue weighted by atomic mass is 10.4. The van der Waals surface area contributed by atoms with Crippen LogP contribution in [0.5, 0.6) is 0 Å². The zero-order chi connectivity index (χ0) is 13.3. The quantitative estimate of drug-likeness (QED) is 0.809. The minimum atomic E-state index is -3.64. The summed E-state index contributed by atoms with van der Waals surface area (Å²) in [7, 11) is -3.64. The Morgan fingerprint density at radius 1 is 1.33 bits per heavy atom. The van der Waals surface area contributed by atoms with Gasteiger partial charge in [0.1, 0.15) is 9.36 Å². The first-order valence-corrected chi connectivity index (χ1v) is 8.32. The van der Waals surface area contributed by atoms with Crippen LogP contribution >= 0.6 is 50.5 Å². The van der Waals surface area contributed by atoms with Gasteiger partial charge < -0.3 is 0 Å². The highest BCUT2D eigenvalue weighted by molar-refractivity contribution is 9.10. The van der Waals surface area contributed by atoms with Gasteiger partial charge in [0.05, 0.1) is 20.7 Å². The Balaban J connectivity index is 2.30. The van der Waals surface area contributed by atoms with Crippen molar-refractivity contribution in [1.82, 2.24) is 4.98 Å². The molecule has 0 saturated carbocycles. The molecule has 0 aliphatic carbocycles. The van der Waals surface area contributed by atoms with Crippen LogP contribution in [0, 0.1) is 0 Å². The molecule has 0 bridgehead atoms. The lowest BCUT2D eigenvalue weighted by Crippen LogP contribution is -2.11. The first-order valence-electron chi connectivity index (χ1n) is 4.48. The summed E-state index contributed by atoms with van der Waals surface area (Å²) in [5, 5.41) is 0.261. The minimum Gasteiger partial charge on any atom is -0.277 e. The van der Waals surface area contributed by atoms with Crippen LogP contribution in [0.2, 0.25) is 9.49 Å². The molecule has 0 aromatic carbocycles. The average Bonchev–Trinajstić information content (AvgIpc) is 2.71. The van der Waals surface area contributed by atoms with Crippen LogP contribution < -0.4 is 4.72 Å². The number of thiophene rings is 1. The lowest BCUT2D eigenvalue weighted by molar-refractivity contribution is 0.603. The predicted octanol–water partition coefficient (Wildman–Crippen LogP) is 4.01. The molecule has 18 heavy (non-hydrogen) atoms. The monoisotopic (exact) mass is 386 g/mol. The molecule has 0 atom stereocenters. The van der Waals surface area contributed by atoms with E-state index in [1.165, 1.54) is 24.4 Å². The van der Waals surface area contributed by atoms with Gasteiger partial charge in [-0.2, -0.15) is 0 Å². The number of sulfonamides is 1. The third-order valence-corrected chi connectivity index (χ3v) is 6.10. The molecule has 0 aliphatic heterocycles. The van der Waals surface area contributed by atoms with Crippen LogP contribution in [0.15, 0.2) is 33.1 Å². The second-order valence-corrected chi connectivity index (χ2v) is 8.00. The predicted molar refractivity (Wildman–Crippen MR) is 77.1 cm³/mol. The maximum atomic E-state index is 12.0. The number of pyridine rings is 1. The van der Waals surface area contributed by atoms with Gasteiger partial charge >= 0.3 is 0 Å². The number of anilines is 1. The fourth-order valence-corrected chi connectivity index (χ4v) is 4.09. The molecule has 0 radical (unpaired) electrons. The van der Waals surface area contributed by atoms with E-state index in [1.54, 1.807) is 0 Å². The summed E-state index contributed by atoms with van der Waals surface area (Å²) in [4.78, 5) is 3.83. The maximum Gasteiger partial charge on any atom is 0.271 e. The Kier molecular flexibility index (Phi) is 4.18. The van der Waals surface area contributed by atoms with Crippen molar-refractivity contribution in [3.8, 4) is 0 Å². The van der Waals surface area contributed by atoms with Crippen LogP contribution in [0.4, 0.5) is 5.69 Å². The summed E-state index contributed by atoms with van der Waals surface area (Å²) in [6.07, 6.45) is 1.33. The van der Waals surface area contributed by atoms with Gasteiger partial charge in [0, 0.05) is 0 Å². The number of nitrogens with zero attached hydrogens (tertiary/aromatic N) is 1. The van der Waals surface area contributed by atoms with Crippen molar-refractivity contribution < 1.29 is 8.42 Å². The van der Waals surface area contributed by atoms with Crippen molar-refractivity contribution in [3.63, 3.8) is 0 Å². The van der Waals surface area contributed by atoms with Gasteiger partial charge in [-0.1, -0.05) is 23.2 Å². The molecule has 0 spiro atoms. The number of hydrogen-bond donors (Lipinski definition) is 1. The van der Waals surface area contributed by atoms with Crippen LogP contribution in [0.3, 0.4) is 0 Å². The summed E-state index contributed by atoms with van der Waals surface area (Å²) >= 11 is 15.6. The van der Waals surface area contributed by atoms with Gasteiger partial charge in [0.25, 0.3) is 10.0 Å². The van der Waals surface area contributed by atoms with Crippen molar-refractivity contribution in [2.24, 2.45) is 0 Å². The smallest absolute Gasteiger partial charge is 0.271 e. The van der Waals surface area contributed by atoms with Gasteiger partial charge in [-0.05, 0) is 34.1 Å². The SMILES string of the molecule is O=S(=O)(Nc1cnc(Cl)c(Br)c1)c1ccc(Cl)s1. The highest BCUT2D eigenvalue weighted by Gasteiger charge is 2.17. The second-order valence-electron chi connectivity index (χ2n) is 3.16. The number of nitrogens with one attached hydrogen (secondary N) is 1. The van der Waals surface area contributed by atoms with E-state index < -0.39 is 10.0 Å². The van der Waals surface area contributed by atoms with Crippen molar-refractivity contribution >= 4 is 66.2 Å². The van der Waals surface area contributed by atoms with Crippen molar-refractivity contribution in [3.05, 3.63) is 38.4 Å². The number of hydrogen-bond acceptors (Lipinski definition) is 4. The van der Waals surface area contributed by atoms with Crippen LogP contribution in [0.1, 0.15) is 0 Å². The molecule has 96 valence electrons. The van der Waals surface area contributed by atoms with Crippen LogP contribution in [-0.2, 0) is 10.0 Å². The van der Waals surface area contributed by atoms with Crippen molar-refractivity contribution in [1.29, 1.82) is 0 Å². The van der Waals surface area contributed by atoms with E-state index in [0.717, 1.165) is 11.3 Å². The minimum absolute atomic E-state index is 0.138. The molecule has 2 heterocycles. The van der Waals surface area contributed by atoms with E-state index in [4.69, 9.17) is 23.2 Å². The van der Waals surface area contributed by atoms with Crippen molar-refractivity contribution in [2.45, 2.75) is 4.21 Å². The van der Waals surface area contributed by atoms with E-state index >= 15 is 0 Å². The Labute approximate surface area is 126 Å². The lowest BCUT2D eigenvalue weighted by Gasteiger charge is -2.06. The third-order valence-electron chi connectivity index (χ3n) is 1.86. The molecule has 0 aliphatic rings. The van der Waals surface area contributed by atoms with E-state index in [1.807, 2.05) is 0 Å². The summed E-state index contributed by atoms with van der Waals surface area (Å²) in [5.74, 6) is 0. The van der Waals surface area contributed by atoms with Gasteiger partial charge in [0.2, 0.25) is 0 Å². The van der Waals surface area contributed by atoms with Gasteiger partial charge in [-0.3, -0.25) is 4.72 Å². The molecule has 0 fully saturated rings. The van der Waals surface area contributed by atoms with Gasteiger partial charge in [-0.15, -0.1) is 11.3 Å². The molecule has 2 rings (SSSR count). The highest BCUT2D eigenvalue weighted by atomic mass is 79.9. The molecular weight excluding hydrogens is 383 g/mol. The van der Waals surface area contributed by atoms with Gasteiger partial charge in [0.15, 0.2) is 0 Å². The second kappa shape index (κ2) is 5.34. The maximum absolute atomic E-state index is 12.0. The highest BCUT2D eigenvalue weighted by Crippen LogP contribution is 2.28. The Morgan fingerprint density at radius 3 is 2.61 bits per heavy atom. The Bertz CT molecular complexity index is 688. The Morgan fingerprint density at radius 2 is 2.06 bits per heavy atom. The standard InChI is InChI=1S/C9H5BrCl2N2O2S2/c10-6-3-5(4-13-9(6)12)14-18(15,16)8-2-1-7(11)17-8/h1-4,14H. The molecule has 4 nitrogen and oxygen atoms in total. The largest absolute Gasteiger partial charge is 0.277 e. The van der Waals surface area contributed by atoms with Crippen LogP contribution in [0.25, 0.3) is 0 Å². The zero-order valence-electron chi connectivity index (χ0n) is 8.52. The summed E-state index contributed by atoms with van der Waals surface area (Å²) in [5.41, 5.74) is 0.316. The number of rotatable bonds is 3. The number of aromatic nitrogens is 1. The zero-order valence-corrected chi connectivity index (χ0v) is 13.3. The first kappa shape index (κ1) is 14.1. The van der Waals surface area contributed by atoms with Crippen LogP contribution in [-0.4, -0.2) is 13.4 Å². The molecule has 2 aromatic heterocycles. The number of halogens is 3. The average molecular weight is 388 g/mol. The fourth-order valence-electron chi connectivity index (χ4n) is 1.12. The summed E-state index contributed by atoms with van der Waals surface area (Å²) in [6.45, 7) is 0. The molecule has 9 heteroatoms.